The van der Waals surface area contributed by atoms with Crippen molar-refractivity contribution in [2.45, 2.75) is 19.9 Å². The molecule has 1 aromatic carbocycles. The van der Waals surface area contributed by atoms with Gasteiger partial charge in [-0.05, 0) is 31.5 Å². The smallest absolute Gasteiger partial charge is 0.335 e. The molecule has 0 aliphatic carbocycles. The first kappa shape index (κ1) is 15.4. The molecular formula is C13H15N3O4. The standard InChI is InChI=1S/C13H15N3O4/c1-8(2)15-11(17)12(18)16-14-7-9-3-5-10(6-4-9)13(19)20/h3-8H,1-2H3,(H,15,17)(H,16,18)(H,19,20)/b14-7+. The molecule has 0 saturated carbocycles. The molecule has 1 rings (SSSR count). The number of rotatable bonds is 4. The lowest BCUT2D eigenvalue weighted by molar-refractivity contribution is -0.139. The fourth-order valence-electron chi connectivity index (χ4n) is 1.26. The van der Waals surface area contributed by atoms with Crippen LogP contribution >= 0.6 is 0 Å². The average Bonchev–Trinajstić information content (AvgIpc) is 2.38. The van der Waals surface area contributed by atoms with Crippen LogP contribution in [-0.4, -0.2) is 35.1 Å². The van der Waals surface area contributed by atoms with Crippen molar-refractivity contribution in [1.82, 2.24) is 10.7 Å². The number of hydrogen-bond donors (Lipinski definition) is 3. The van der Waals surface area contributed by atoms with Crippen LogP contribution in [0.1, 0.15) is 29.8 Å². The van der Waals surface area contributed by atoms with Crippen LogP contribution in [0.3, 0.4) is 0 Å². The largest absolute Gasteiger partial charge is 0.478 e. The van der Waals surface area contributed by atoms with Crippen LogP contribution in [-0.2, 0) is 9.59 Å². The van der Waals surface area contributed by atoms with E-state index in [2.05, 4.69) is 15.8 Å². The Balaban J connectivity index is 2.54. The maximum Gasteiger partial charge on any atom is 0.335 e. The van der Waals surface area contributed by atoms with Crippen molar-refractivity contribution < 1.29 is 19.5 Å². The molecule has 0 spiro atoms. The molecule has 7 heteroatoms. The van der Waals surface area contributed by atoms with Gasteiger partial charge in [0.15, 0.2) is 0 Å². The number of carboxylic acid groups (broad SMARTS) is 1. The van der Waals surface area contributed by atoms with Crippen LogP contribution in [0.4, 0.5) is 0 Å². The molecular weight excluding hydrogens is 262 g/mol. The van der Waals surface area contributed by atoms with E-state index >= 15 is 0 Å². The van der Waals surface area contributed by atoms with Gasteiger partial charge in [0.25, 0.3) is 0 Å². The molecule has 2 amide bonds. The number of nitrogens with zero attached hydrogens (tertiary/aromatic N) is 1. The summed E-state index contributed by atoms with van der Waals surface area (Å²) in [5, 5.41) is 14.8. The van der Waals surface area contributed by atoms with E-state index < -0.39 is 17.8 Å². The first-order valence-corrected chi connectivity index (χ1v) is 5.87. The van der Waals surface area contributed by atoms with E-state index in [1.807, 2.05) is 0 Å². The fraction of sp³-hybridized carbons (Fsp3) is 0.231. The van der Waals surface area contributed by atoms with Crippen molar-refractivity contribution >= 4 is 24.0 Å². The maximum atomic E-state index is 11.3. The van der Waals surface area contributed by atoms with Crippen LogP contribution in [0.5, 0.6) is 0 Å². The molecule has 0 aliphatic heterocycles. The zero-order valence-electron chi connectivity index (χ0n) is 11.1. The minimum Gasteiger partial charge on any atom is -0.478 e. The van der Waals surface area contributed by atoms with Gasteiger partial charge in [-0.1, -0.05) is 12.1 Å². The maximum absolute atomic E-state index is 11.3. The highest BCUT2D eigenvalue weighted by Crippen LogP contribution is 2.02. The molecule has 3 N–H and O–H groups in total. The van der Waals surface area contributed by atoms with Gasteiger partial charge in [0.05, 0.1) is 11.8 Å². The summed E-state index contributed by atoms with van der Waals surface area (Å²) in [6.45, 7) is 3.47. The van der Waals surface area contributed by atoms with Crippen molar-refractivity contribution in [2.75, 3.05) is 0 Å². The van der Waals surface area contributed by atoms with Crippen molar-refractivity contribution in [3.8, 4) is 0 Å². The highest BCUT2D eigenvalue weighted by Gasteiger charge is 2.12. The predicted molar refractivity (Wildman–Crippen MR) is 72.4 cm³/mol. The monoisotopic (exact) mass is 277 g/mol. The Morgan fingerprint density at radius 2 is 1.75 bits per heavy atom. The third-order valence-corrected chi connectivity index (χ3v) is 2.16. The van der Waals surface area contributed by atoms with E-state index in [1.165, 1.54) is 30.5 Å². The molecule has 0 bridgehead atoms. The molecule has 7 nitrogen and oxygen atoms in total. The molecule has 0 fully saturated rings. The van der Waals surface area contributed by atoms with Gasteiger partial charge in [-0.15, -0.1) is 0 Å². The first-order valence-electron chi connectivity index (χ1n) is 5.87. The fourth-order valence-corrected chi connectivity index (χ4v) is 1.26. The number of amides is 2. The first-order chi connectivity index (χ1) is 9.40. The molecule has 0 unspecified atom stereocenters. The van der Waals surface area contributed by atoms with Gasteiger partial charge < -0.3 is 10.4 Å². The summed E-state index contributed by atoms with van der Waals surface area (Å²) in [7, 11) is 0. The molecule has 0 radical (unpaired) electrons. The number of carbonyl (C=O) groups is 3. The van der Waals surface area contributed by atoms with Gasteiger partial charge in [-0.25, -0.2) is 10.2 Å². The van der Waals surface area contributed by atoms with Crippen LogP contribution in [0, 0.1) is 0 Å². The lowest BCUT2D eigenvalue weighted by atomic mass is 10.1. The second-order valence-corrected chi connectivity index (χ2v) is 4.25. The van der Waals surface area contributed by atoms with Gasteiger partial charge in [-0.3, -0.25) is 9.59 Å². The Bertz CT molecular complexity index is 535. The molecule has 0 saturated heterocycles. The van der Waals surface area contributed by atoms with E-state index in [0.717, 1.165) is 0 Å². The zero-order chi connectivity index (χ0) is 15.1. The summed E-state index contributed by atoms with van der Waals surface area (Å²) in [5.41, 5.74) is 2.83. The number of aromatic carboxylic acids is 1. The summed E-state index contributed by atoms with van der Waals surface area (Å²) < 4.78 is 0. The molecule has 0 atom stereocenters. The zero-order valence-corrected chi connectivity index (χ0v) is 11.1. The summed E-state index contributed by atoms with van der Waals surface area (Å²) >= 11 is 0. The Morgan fingerprint density at radius 3 is 2.25 bits per heavy atom. The quantitative estimate of drug-likeness (QED) is 0.419. The Hall–Kier alpha value is -2.70. The lowest BCUT2D eigenvalue weighted by Crippen LogP contribution is -2.41. The van der Waals surface area contributed by atoms with Gasteiger partial charge in [0, 0.05) is 6.04 Å². The van der Waals surface area contributed by atoms with Crippen molar-refractivity contribution in [3.05, 3.63) is 35.4 Å². The van der Waals surface area contributed by atoms with Crippen molar-refractivity contribution in [2.24, 2.45) is 5.10 Å². The van der Waals surface area contributed by atoms with Crippen LogP contribution < -0.4 is 10.7 Å². The summed E-state index contributed by atoms with van der Waals surface area (Å²) in [5.74, 6) is -2.65. The predicted octanol–water partition coefficient (Wildman–Crippen LogP) is 0.359. The van der Waals surface area contributed by atoms with Crippen LogP contribution in [0.2, 0.25) is 0 Å². The number of hydrogen-bond acceptors (Lipinski definition) is 4. The number of nitrogens with one attached hydrogen (secondary N) is 2. The van der Waals surface area contributed by atoms with E-state index in [9.17, 15) is 14.4 Å². The number of benzene rings is 1. The normalized spacial score (nSPS) is 10.6. The minimum absolute atomic E-state index is 0.138. The highest BCUT2D eigenvalue weighted by molar-refractivity contribution is 6.35. The third-order valence-electron chi connectivity index (χ3n) is 2.16. The molecule has 0 heterocycles. The molecule has 0 aliphatic rings. The molecule has 1 aromatic rings. The van der Waals surface area contributed by atoms with E-state index in [4.69, 9.17) is 5.11 Å². The highest BCUT2D eigenvalue weighted by atomic mass is 16.4. The minimum atomic E-state index is -1.02. The number of carbonyl (C=O) groups excluding carboxylic acids is 2. The lowest BCUT2D eigenvalue weighted by Gasteiger charge is -2.05. The second-order valence-electron chi connectivity index (χ2n) is 4.25. The van der Waals surface area contributed by atoms with Gasteiger partial charge >= 0.3 is 17.8 Å². The summed E-state index contributed by atoms with van der Waals surface area (Å²) in [4.78, 5) is 33.2. The summed E-state index contributed by atoms with van der Waals surface area (Å²) in [6, 6.07) is 5.76. The topological polar surface area (TPSA) is 108 Å². The third kappa shape index (κ3) is 4.89. The van der Waals surface area contributed by atoms with Gasteiger partial charge in [0.2, 0.25) is 0 Å². The number of hydrazone groups is 1. The van der Waals surface area contributed by atoms with Crippen molar-refractivity contribution in [3.63, 3.8) is 0 Å². The average molecular weight is 277 g/mol. The molecule has 20 heavy (non-hydrogen) atoms. The SMILES string of the molecule is CC(C)NC(=O)C(=O)N/N=C/c1ccc(C(=O)O)cc1. The molecule has 0 aromatic heterocycles. The van der Waals surface area contributed by atoms with Crippen LogP contribution in [0.15, 0.2) is 29.4 Å². The van der Waals surface area contributed by atoms with Crippen molar-refractivity contribution in [1.29, 1.82) is 0 Å². The van der Waals surface area contributed by atoms with Crippen LogP contribution in [0.25, 0.3) is 0 Å². The van der Waals surface area contributed by atoms with Gasteiger partial charge in [0.1, 0.15) is 0 Å². The molecule has 106 valence electrons. The Morgan fingerprint density at radius 1 is 1.15 bits per heavy atom. The Labute approximate surface area is 115 Å². The Kier molecular flexibility index (Phi) is 5.40. The summed E-state index contributed by atoms with van der Waals surface area (Å²) in [6.07, 6.45) is 1.31. The van der Waals surface area contributed by atoms with Gasteiger partial charge in [-0.2, -0.15) is 5.10 Å². The second kappa shape index (κ2) is 7.03. The number of carboxylic acids is 1. The van der Waals surface area contributed by atoms with E-state index in [1.54, 1.807) is 13.8 Å². The van der Waals surface area contributed by atoms with E-state index in [-0.39, 0.29) is 11.6 Å². The van der Waals surface area contributed by atoms with E-state index in [0.29, 0.717) is 5.56 Å².